The number of thiocarbonyl (C=S) groups is 1. The molecule has 0 unspecified atom stereocenters. The van der Waals surface area contributed by atoms with Gasteiger partial charge in [0, 0.05) is 12.6 Å². The molecule has 0 heterocycles. The summed E-state index contributed by atoms with van der Waals surface area (Å²) in [5, 5.41) is 0. The Hall–Kier alpha value is -1.92. The van der Waals surface area contributed by atoms with Crippen LogP contribution >= 0.6 is 12.2 Å². The monoisotopic (exact) mass is 320 g/mol. The zero-order chi connectivity index (χ0) is 15.6. The minimum Gasteiger partial charge on any atom is -0.389 e. The molecule has 0 amide bonds. The van der Waals surface area contributed by atoms with Gasteiger partial charge in [0.25, 0.3) is 10.0 Å². The van der Waals surface area contributed by atoms with Crippen molar-refractivity contribution in [3.8, 4) is 0 Å². The Morgan fingerprint density at radius 1 is 1.14 bits per heavy atom. The normalized spacial score (nSPS) is 11.1. The van der Waals surface area contributed by atoms with Gasteiger partial charge in [-0.25, -0.2) is 8.42 Å². The van der Waals surface area contributed by atoms with Crippen molar-refractivity contribution < 1.29 is 8.42 Å². The third-order valence-electron chi connectivity index (χ3n) is 3.14. The van der Waals surface area contributed by atoms with E-state index < -0.39 is 10.0 Å². The van der Waals surface area contributed by atoms with Crippen molar-refractivity contribution in [3.63, 3.8) is 0 Å². The molecule has 0 bridgehead atoms. The first-order valence-electron chi connectivity index (χ1n) is 6.28. The second kappa shape index (κ2) is 5.83. The molecular formula is C15H16N2O2S2. The predicted molar refractivity (Wildman–Crippen MR) is 89.1 cm³/mol. The van der Waals surface area contributed by atoms with Gasteiger partial charge in [0.05, 0.1) is 10.6 Å². The molecule has 0 radical (unpaired) electrons. The molecule has 4 nitrogen and oxygen atoms in total. The van der Waals surface area contributed by atoms with Crippen LogP contribution in [0.15, 0.2) is 53.4 Å². The summed E-state index contributed by atoms with van der Waals surface area (Å²) in [5.41, 5.74) is 7.63. The molecule has 2 rings (SSSR count). The number of aryl methyl sites for hydroxylation is 1. The van der Waals surface area contributed by atoms with E-state index in [-0.39, 0.29) is 9.88 Å². The van der Waals surface area contributed by atoms with Crippen LogP contribution in [0.4, 0.5) is 5.69 Å². The topological polar surface area (TPSA) is 63.4 Å². The predicted octanol–water partition coefficient (Wildman–Crippen LogP) is 2.45. The van der Waals surface area contributed by atoms with Crippen LogP contribution in [-0.4, -0.2) is 20.5 Å². The summed E-state index contributed by atoms with van der Waals surface area (Å²) in [4.78, 5) is 0.490. The number of hydrogen-bond donors (Lipinski definition) is 1. The van der Waals surface area contributed by atoms with E-state index in [1.54, 1.807) is 42.5 Å². The SMILES string of the molecule is Cc1cccc(S(=O)(=O)N(C)c2cccc(C(N)=S)c2)c1. The maximum absolute atomic E-state index is 12.6. The van der Waals surface area contributed by atoms with E-state index in [1.807, 2.05) is 13.0 Å². The van der Waals surface area contributed by atoms with Crippen molar-refractivity contribution in [2.45, 2.75) is 11.8 Å². The van der Waals surface area contributed by atoms with Gasteiger partial charge in [-0.1, -0.05) is 36.5 Å². The molecule has 110 valence electrons. The summed E-state index contributed by atoms with van der Waals surface area (Å²) in [7, 11) is -2.10. The fourth-order valence-electron chi connectivity index (χ4n) is 1.93. The van der Waals surface area contributed by atoms with Gasteiger partial charge >= 0.3 is 0 Å². The molecule has 0 aliphatic carbocycles. The van der Waals surface area contributed by atoms with Crippen LogP contribution in [0.2, 0.25) is 0 Å². The zero-order valence-electron chi connectivity index (χ0n) is 11.8. The molecule has 0 fully saturated rings. The fourth-order valence-corrected chi connectivity index (χ4v) is 3.35. The number of anilines is 1. The Bertz CT molecular complexity index is 786. The van der Waals surface area contributed by atoms with Crippen molar-refractivity contribution in [2.75, 3.05) is 11.4 Å². The van der Waals surface area contributed by atoms with Crippen molar-refractivity contribution in [2.24, 2.45) is 5.73 Å². The van der Waals surface area contributed by atoms with Crippen LogP contribution < -0.4 is 10.0 Å². The van der Waals surface area contributed by atoms with E-state index in [2.05, 4.69) is 0 Å². The minimum absolute atomic E-state index is 0.234. The van der Waals surface area contributed by atoms with E-state index in [0.29, 0.717) is 11.3 Å². The number of nitrogens with two attached hydrogens (primary N) is 1. The molecule has 0 saturated heterocycles. The molecule has 21 heavy (non-hydrogen) atoms. The first-order valence-corrected chi connectivity index (χ1v) is 8.12. The maximum atomic E-state index is 12.6. The average Bonchev–Trinajstić information content (AvgIpc) is 2.46. The van der Waals surface area contributed by atoms with Crippen LogP contribution in [0.5, 0.6) is 0 Å². The lowest BCUT2D eigenvalue weighted by atomic mass is 10.2. The summed E-state index contributed by atoms with van der Waals surface area (Å²) >= 11 is 4.92. The van der Waals surface area contributed by atoms with Gasteiger partial charge in [0.15, 0.2) is 0 Å². The number of sulfonamides is 1. The van der Waals surface area contributed by atoms with Gasteiger partial charge in [-0.05, 0) is 36.8 Å². The molecule has 6 heteroatoms. The van der Waals surface area contributed by atoms with Crippen molar-refractivity contribution in [3.05, 3.63) is 59.7 Å². The van der Waals surface area contributed by atoms with E-state index in [0.717, 1.165) is 5.56 Å². The molecule has 0 aliphatic heterocycles. The van der Waals surface area contributed by atoms with Crippen molar-refractivity contribution >= 4 is 32.9 Å². The van der Waals surface area contributed by atoms with Crippen LogP contribution in [0.3, 0.4) is 0 Å². The van der Waals surface area contributed by atoms with Crippen LogP contribution in [0, 0.1) is 6.92 Å². The van der Waals surface area contributed by atoms with E-state index in [4.69, 9.17) is 18.0 Å². The van der Waals surface area contributed by atoms with Gasteiger partial charge in [0.2, 0.25) is 0 Å². The quantitative estimate of drug-likeness (QED) is 0.879. The molecule has 0 atom stereocenters. The third-order valence-corrected chi connectivity index (χ3v) is 5.16. The van der Waals surface area contributed by atoms with Crippen LogP contribution in [0.25, 0.3) is 0 Å². The third kappa shape index (κ3) is 3.22. The van der Waals surface area contributed by atoms with Crippen LogP contribution in [0.1, 0.15) is 11.1 Å². The summed E-state index contributed by atoms with van der Waals surface area (Å²) in [6.45, 7) is 1.85. The average molecular weight is 320 g/mol. The number of nitrogens with zero attached hydrogens (tertiary/aromatic N) is 1. The Morgan fingerprint density at radius 2 is 1.81 bits per heavy atom. The lowest BCUT2D eigenvalue weighted by Gasteiger charge is -2.20. The van der Waals surface area contributed by atoms with Crippen LogP contribution in [-0.2, 0) is 10.0 Å². The number of rotatable bonds is 4. The molecule has 2 N–H and O–H groups in total. The maximum Gasteiger partial charge on any atom is 0.264 e. The smallest absolute Gasteiger partial charge is 0.264 e. The lowest BCUT2D eigenvalue weighted by molar-refractivity contribution is 0.594. The largest absolute Gasteiger partial charge is 0.389 e. The van der Waals surface area contributed by atoms with Crippen molar-refractivity contribution in [1.29, 1.82) is 0 Å². The Labute approximate surface area is 130 Å². The Kier molecular flexibility index (Phi) is 4.29. The number of hydrogen-bond acceptors (Lipinski definition) is 3. The second-order valence-electron chi connectivity index (χ2n) is 4.70. The molecule has 0 aliphatic rings. The summed E-state index contributed by atoms with van der Waals surface area (Å²) in [5.74, 6) is 0. The fraction of sp³-hybridized carbons (Fsp3) is 0.133. The van der Waals surface area contributed by atoms with E-state index >= 15 is 0 Å². The lowest BCUT2D eigenvalue weighted by Crippen LogP contribution is -2.27. The highest BCUT2D eigenvalue weighted by molar-refractivity contribution is 7.92. The first kappa shape index (κ1) is 15.5. The van der Waals surface area contributed by atoms with E-state index in [9.17, 15) is 8.42 Å². The summed E-state index contributed by atoms with van der Waals surface area (Å²) in [6, 6.07) is 13.6. The molecular weight excluding hydrogens is 304 g/mol. The van der Waals surface area contributed by atoms with Gasteiger partial charge in [-0.15, -0.1) is 0 Å². The van der Waals surface area contributed by atoms with Gasteiger partial charge in [-0.2, -0.15) is 0 Å². The summed E-state index contributed by atoms with van der Waals surface area (Å²) in [6.07, 6.45) is 0. The standard InChI is InChI=1S/C15H16N2O2S2/c1-11-5-3-8-14(9-11)21(18,19)17(2)13-7-4-6-12(10-13)15(16)20/h3-10H,1-2H3,(H2,16,20). The van der Waals surface area contributed by atoms with Gasteiger partial charge < -0.3 is 5.73 Å². The zero-order valence-corrected chi connectivity index (χ0v) is 13.4. The Morgan fingerprint density at radius 3 is 2.43 bits per heavy atom. The second-order valence-corrected chi connectivity index (χ2v) is 7.11. The molecule has 0 spiro atoms. The highest BCUT2D eigenvalue weighted by Gasteiger charge is 2.21. The molecule has 2 aromatic carbocycles. The van der Waals surface area contributed by atoms with Crippen molar-refractivity contribution in [1.82, 2.24) is 0 Å². The van der Waals surface area contributed by atoms with Gasteiger partial charge in [0.1, 0.15) is 4.99 Å². The molecule has 0 aromatic heterocycles. The van der Waals surface area contributed by atoms with Gasteiger partial charge in [-0.3, -0.25) is 4.31 Å². The highest BCUT2D eigenvalue weighted by atomic mass is 32.2. The summed E-state index contributed by atoms with van der Waals surface area (Å²) < 4.78 is 26.5. The van der Waals surface area contributed by atoms with E-state index in [1.165, 1.54) is 11.4 Å². The number of benzene rings is 2. The highest BCUT2D eigenvalue weighted by Crippen LogP contribution is 2.23. The first-order chi connectivity index (χ1) is 9.82. The molecule has 2 aromatic rings. The Balaban J connectivity index is 2.45. The molecule has 0 saturated carbocycles. The minimum atomic E-state index is -3.61.